The lowest BCUT2D eigenvalue weighted by Gasteiger charge is -2.25. The molecule has 0 saturated heterocycles. The summed E-state index contributed by atoms with van der Waals surface area (Å²) in [4.78, 5) is 1.46. The molecule has 0 aromatic heterocycles. The monoisotopic (exact) mass is 208 g/mol. The van der Waals surface area contributed by atoms with Gasteiger partial charge in [0.2, 0.25) is 0 Å². The van der Waals surface area contributed by atoms with E-state index in [1.807, 2.05) is 0 Å². The second-order valence-electron chi connectivity index (χ2n) is 3.13. The van der Waals surface area contributed by atoms with Crippen LogP contribution in [0.25, 0.3) is 0 Å². The van der Waals surface area contributed by atoms with Gasteiger partial charge < -0.3 is 10.4 Å². The quantitative estimate of drug-likeness (QED) is 0.564. The lowest BCUT2D eigenvalue weighted by molar-refractivity contribution is -0.0290. The first-order valence-electron chi connectivity index (χ1n) is 4.52. The Hall–Kier alpha value is -0.520. The van der Waals surface area contributed by atoms with E-state index in [2.05, 4.69) is 11.9 Å². The van der Waals surface area contributed by atoms with Crippen LogP contribution in [-0.2, 0) is 0 Å². The summed E-state index contributed by atoms with van der Waals surface area (Å²) >= 11 is 0. The minimum atomic E-state index is -2.77. The van der Waals surface area contributed by atoms with Gasteiger partial charge in [0.05, 0.1) is 19.7 Å². The molecule has 0 rings (SSSR count). The van der Waals surface area contributed by atoms with Gasteiger partial charge in [0, 0.05) is 13.1 Å². The second-order valence-corrected chi connectivity index (χ2v) is 3.13. The Balaban J connectivity index is 4.04. The van der Waals surface area contributed by atoms with Crippen molar-refractivity contribution in [2.24, 2.45) is 0 Å². The Morgan fingerprint density at radius 1 is 1.57 bits per heavy atom. The molecule has 0 heterocycles. The van der Waals surface area contributed by atoms with Crippen LogP contribution in [0.2, 0.25) is 0 Å². The Kier molecular flexibility index (Phi) is 6.61. The van der Waals surface area contributed by atoms with E-state index in [0.29, 0.717) is 6.54 Å². The van der Waals surface area contributed by atoms with Crippen LogP contribution in [0.4, 0.5) is 8.78 Å². The molecule has 0 bridgehead atoms. The third-order valence-corrected chi connectivity index (χ3v) is 1.69. The number of aliphatic hydroxyl groups is 1. The SMILES string of the molecule is C=CCN(CCO)CC(F)(F)CNC. The van der Waals surface area contributed by atoms with Crippen molar-refractivity contribution in [2.75, 3.05) is 39.8 Å². The van der Waals surface area contributed by atoms with Crippen molar-refractivity contribution in [1.29, 1.82) is 0 Å². The molecule has 0 radical (unpaired) electrons. The van der Waals surface area contributed by atoms with E-state index >= 15 is 0 Å². The van der Waals surface area contributed by atoms with Crippen molar-refractivity contribution >= 4 is 0 Å². The first-order chi connectivity index (χ1) is 6.55. The Morgan fingerprint density at radius 3 is 2.64 bits per heavy atom. The number of nitrogens with one attached hydrogen (secondary N) is 1. The van der Waals surface area contributed by atoms with E-state index in [4.69, 9.17) is 5.11 Å². The van der Waals surface area contributed by atoms with E-state index in [9.17, 15) is 8.78 Å². The fourth-order valence-corrected chi connectivity index (χ4v) is 1.20. The molecule has 0 aliphatic carbocycles. The third-order valence-electron chi connectivity index (χ3n) is 1.69. The predicted molar refractivity (Wildman–Crippen MR) is 52.6 cm³/mol. The molecule has 0 unspecified atom stereocenters. The van der Waals surface area contributed by atoms with Crippen LogP contribution in [0.1, 0.15) is 0 Å². The molecule has 0 saturated carbocycles. The molecular formula is C9H18F2N2O. The highest BCUT2D eigenvalue weighted by Gasteiger charge is 2.30. The highest BCUT2D eigenvalue weighted by Crippen LogP contribution is 2.13. The molecule has 0 atom stereocenters. The summed E-state index contributed by atoms with van der Waals surface area (Å²) < 4.78 is 26.2. The lowest BCUT2D eigenvalue weighted by atomic mass is 10.3. The minimum absolute atomic E-state index is 0.122. The number of aliphatic hydroxyl groups excluding tert-OH is 1. The van der Waals surface area contributed by atoms with Crippen LogP contribution >= 0.6 is 0 Å². The van der Waals surface area contributed by atoms with Gasteiger partial charge in [0.15, 0.2) is 0 Å². The van der Waals surface area contributed by atoms with Crippen molar-refractivity contribution in [1.82, 2.24) is 10.2 Å². The highest BCUT2D eigenvalue weighted by atomic mass is 19.3. The van der Waals surface area contributed by atoms with Crippen molar-refractivity contribution < 1.29 is 13.9 Å². The molecule has 0 amide bonds. The van der Waals surface area contributed by atoms with E-state index < -0.39 is 5.92 Å². The maximum absolute atomic E-state index is 13.1. The summed E-state index contributed by atoms with van der Waals surface area (Å²) in [6, 6.07) is 0. The van der Waals surface area contributed by atoms with Crippen LogP contribution in [-0.4, -0.2) is 55.8 Å². The molecule has 0 aromatic rings. The molecule has 3 nitrogen and oxygen atoms in total. The average molecular weight is 208 g/mol. The summed E-state index contributed by atoms with van der Waals surface area (Å²) in [5.74, 6) is -2.77. The van der Waals surface area contributed by atoms with Gasteiger partial charge in [0.25, 0.3) is 5.92 Å². The van der Waals surface area contributed by atoms with Gasteiger partial charge in [-0.05, 0) is 7.05 Å². The predicted octanol–water partition coefficient (Wildman–Crippen LogP) is 0.321. The molecule has 2 N–H and O–H groups in total. The topological polar surface area (TPSA) is 35.5 Å². The molecule has 0 aromatic carbocycles. The van der Waals surface area contributed by atoms with Gasteiger partial charge in [-0.25, -0.2) is 8.78 Å². The van der Waals surface area contributed by atoms with Crippen molar-refractivity contribution in [3.63, 3.8) is 0 Å². The first kappa shape index (κ1) is 13.5. The summed E-state index contributed by atoms with van der Waals surface area (Å²) in [6.45, 7) is 3.24. The van der Waals surface area contributed by atoms with Gasteiger partial charge >= 0.3 is 0 Å². The zero-order valence-electron chi connectivity index (χ0n) is 8.47. The van der Waals surface area contributed by atoms with Crippen LogP contribution in [0.3, 0.4) is 0 Å². The Bertz CT molecular complexity index is 165. The maximum Gasteiger partial charge on any atom is 0.272 e. The normalized spacial score (nSPS) is 12.1. The molecule has 5 heteroatoms. The second kappa shape index (κ2) is 6.86. The highest BCUT2D eigenvalue weighted by molar-refractivity contribution is 4.79. The summed E-state index contributed by atoms with van der Waals surface area (Å²) in [5, 5.41) is 11.1. The number of rotatable bonds is 8. The summed E-state index contributed by atoms with van der Waals surface area (Å²) in [7, 11) is 1.48. The number of halogens is 2. The lowest BCUT2D eigenvalue weighted by Crippen LogP contribution is -2.43. The van der Waals surface area contributed by atoms with Crippen LogP contribution < -0.4 is 5.32 Å². The van der Waals surface area contributed by atoms with E-state index in [1.54, 1.807) is 6.08 Å². The first-order valence-corrected chi connectivity index (χ1v) is 4.52. The van der Waals surface area contributed by atoms with E-state index in [0.717, 1.165) is 0 Å². The summed E-state index contributed by atoms with van der Waals surface area (Å²) in [5.41, 5.74) is 0. The van der Waals surface area contributed by atoms with Gasteiger partial charge in [-0.15, -0.1) is 6.58 Å². The van der Waals surface area contributed by atoms with Crippen LogP contribution in [0, 0.1) is 0 Å². The molecule has 0 spiro atoms. The zero-order chi connectivity index (χ0) is 11.0. The van der Waals surface area contributed by atoms with Gasteiger partial charge in [-0.1, -0.05) is 6.08 Å². The summed E-state index contributed by atoms with van der Waals surface area (Å²) in [6.07, 6.45) is 1.55. The van der Waals surface area contributed by atoms with E-state index in [-0.39, 0.29) is 26.2 Å². The smallest absolute Gasteiger partial charge is 0.272 e. The maximum atomic E-state index is 13.1. The number of hydrogen-bond acceptors (Lipinski definition) is 3. The fourth-order valence-electron chi connectivity index (χ4n) is 1.20. The molecule has 0 aliphatic rings. The van der Waals surface area contributed by atoms with Crippen LogP contribution in [0.5, 0.6) is 0 Å². The van der Waals surface area contributed by atoms with E-state index in [1.165, 1.54) is 11.9 Å². The van der Waals surface area contributed by atoms with Gasteiger partial charge in [-0.2, -0.15) is 0 Å². The molecular weight excluding hydrogens is 190 g/mol. The van der Waals surface area contributed by atoms with Crippen molar-refractivity contribution in [3.8, 4) is 0 Å². The number of hydrogen-bond donors (Lipinski definition) is 2. The molecule has 0 aliphatic heterocycles. The minimum Gasteiger partial charge on any atom is -0.395 e. The number of nitrogens with zero attached hydrogens (tertiary/aromatic N) is 1. The molecule has 14 heavy (non-hydrogen) atoms. The van der Waals surface area contributed by atoms with Gasteiger partial charge in [-0.3, -0.25) is 4.90 Å². The molecule has 84 valence electrons. The fraction of sp³-hybridized carbons (Fsp3) is 0.778. The van der Waals surface area contributed by atoms with Crippen LogP contribution in [0.15, 0.2) is 12.7 Å². The zero-order valence-corrected chi connectivity index (χ0v) is 8.47. The van der Waals surface area contributed by atoms with Gasteiger partial charge in [0.1, 0.15) is 0 Å². The molecule has 0 fully saturated rings. The number of alkyl halides is 2. The van der Waals surface area contributed by atoms with Crippen molar-refractivity contribution in [2.45, 2.75) is 5.92 Å². The Labute approximate surface area is 83.4 Å². The largest absolute Gasteiger partial charge is 0.395 e. The average Bonchev–Trinajstić information content (AvgIpc) is 2.03. The van der Waals surface area contributed by atoms with Crippen molar-refractivity contribution in [3.05, 3.63) is 12.7 Å². The Morgan fingerprint density at radius 2 is 2.21 bits per heavy atom. The standard InChI is InChI=1S/C9H18F2N2O/c1-3-4-13(5-6-14)8-9(10,11)7-12-2/h3,12,14H,1,4-8H2,2H3. The third kappa shape index (κ3) is 6.01.